The maximum Gasteiger partial charge on any atom is 0.223 e. The zero-order valence-corrected chi connectivity index (χ0v) is 24.6. The van der Waals surface area contributed by atoms with Gasteiger partial charge in [0.05, 0.1) is 49.8 Å². The van der Waals surface area contributed by atoms with Gasteiger partial charge >= 0.3 is 0 Å². The number of benzene rings is 6. The number of imidazole rings is 3. The molecule has 0 aliphatic carbocycles. The molecule has 216 valence electrons. The predicted molar refractivity (Wildman–Crippen MR) is 185 cm³/mol. The van der Waals surface area contributed by atoms with Crippen molar-refractivity contribution in [2.75, 3.05) is 0 Å². The quantitative estimate of drug-likeness (QED) is 0.206. The minimum atomic E-state index is 0.774. The fourth-order valence-electron chi connectivity index (χ4n) is 6.81. The number of nitrogens with zero attached hydrogens (tertiary/aromatic N) is 7. The molecule has 0 saturated heterocycles. The van der Waals surface area contributed by atoms with E-state index < -0.39 is 0 Å². The van der Waals surface area contributed by atoms with Crippen LogP contribution in [0, 0.1) is 0 Å². The summed E-state index contributed by atoms with van der Waals surface area (Å²) in [5.74, 6) is 2.42. The van der Waals surface area contributed by atoms with Crippen LogP contribution >= 0.6 is 0 Å². The SMILES string of the molecule is c1ccc(-n2c(-c3cccc(-n4c5nc6ccccc6n5c5ccccc5n5c6ccccc6nc45)c3)nc3ccccc32)cc1. The van der Waals surface area contributed by atoms with Gasteiger partial charge in [-0.25, -0.2) is 19.5 Å². The molecule has 4 aromatic heterocycles. The average Bonchev–Trinajstić information content (AvgIpc) is 3.79. The highest BCUT2D eigenvalue weighted by Crippen LogP contribution is 2.33. The Morgan fingerprint density at radius 1 is 0.348 bits per heavy atom. The van der Waals surface area contributed by atoms with Crippen molar-refractivity contribution in [3.63, 3.8) is 0 Å². The summed E-state index contributed by atoms with van der Waals surface area (Å²) in [6.07, 6.45) is 0. The molecule has 0 aliphatic rings. The summed E-state index contributed by atoms with van der Waals surface area (Å²) in [5.41, 5.74) is 11.0. The molecule has 10 aromatic rings. The van der Waals surface area contributed by atoms with E-state index >= 15 is 0 Å². The summed E-state index contributed by atoms with van der Waals surface area (Å²) in [6, 6.07) is 52.4. The van der Waals surface area contributed by atoms with Crippen molar-refractivity contribution >= 4 is 55.7 Å². The molecule has 0 radical (unpaired) electrons. The van der Waals surface area contributed by atoms with Crippen molar-refractivity contribution in [1.29, 1.82) is 0 Å². The second-order valence-electron chi connectivity index (χ2n) is 11.4. The van der Waals surface area contributed by atoms with Crippen molar-refractivity contribution < 1.29 is 0 Å². The lowest BCUT2D eigenvalue weighted by molar-refractivity contribution is 1.02. The Labute approximate surface area is 262 Å². The van der Waals surface area contributed by atoms with Gasteiger partial charge in [0.25, 0.3) is 0 Å². The van der Waals surface area contributed by atoms with Crippen LogP contribution in [-0.4, -0.2) is 32.9 Å². The summed E-state index contributed by atoms with van der Waals surface area (Å²) >= 11 is 0. The maximum absolute atomic E-state index is 5.26. The molecule has 6 aromatic carbocycles. The van der Waals surface area contributed by atoms with Crippen LogP contribution in [0.1, 0.15) is 0 Å². The number of hydrogen-bond donors (Lipinski definition) is 0. The average molecular weight is 592 g/mol. The highest BCUT2D eigenvalue weighted by Gasteiger charge is 2.20. The van der Waals surface area contributed by atoms with E-state index in [-0.39, 0.29) is 0 Å². The van der Waals surface area contributed by atoms with Gasteiger partial charge in [0.15, 0.2) is 0 Å². The molecule has 0 N–H and O–H groups in total. The molecule has 10 rings (SSSR count). The largest absolute Gasteiger partial charge is 0.292 e. The summed E-state index contributed by atoms with van der Waals surface area (Å²) < 4.78 is 8.91. The summed E-state index contributed by atoms with van der Waals surface area (Å²) in [6.45, 7) is 0. The molecule has 7 nitrogen and oxygen atoms in total. The highest BCUT2D eigenvalue weighted by molar-refractivity contribution is 5.93. The Kier molecular flexibility index (Phi) is 5.15. The van der Waals surface area contributed by atoms with E-state index in [1.165, 1.54) is 0 Å². The number of para-hydroxylation sites is 9. The Hall–Kier alpha value is -6.47. The van der Waals surface area contributed by atoms with Gasteiger partial charge in [0.1, 0.15) is 5.82 Å². The first-order valence-corrected chi connectivity index (χ1v) is 15.3. The lowest BCUT2D eigenvalue weighted by Crippen LogP contribution is -2.03. The minimum absolute atomic E-state index is 0.774. The second kappa shape index (κ2) is 9.51. The first-order valence-electron chi connectivity index (χ1n) is 15.3. The lowest BCUT2D eigenvalue weighted by atomic mass is 10.1. The Morgan fingerprint density at radius 3 is 1.43 bits per heavy atom. The van der Waals surface area contributed by atoms with Gasteiger partial charge in [-0.15, -0.1) is 0 Å². The molecule has 46 heavy (non-hydrogen) atoms. The van der Waals surface area contributed by atoms with Crippen molar-refractivity contribution in [2.24, 2.45) is 0 Å². The monoisotopic (exact) mass is 591 g/mol. The third kappa shape index (κ3) is 3.51. The Morgan fingerprint density at radius 2 is 0.826 bits per heavy atom. The van der Waals surface area contributed by atoms with Crippen LogP contribution in [0.15, 0.2) is 152 Å². The van der Waals surface area contributed by atoms with Gasteiger partial charge in [0, 0.05) is 11.3 Å². The molecular weight excluding hydrogens is 566 g/mol. The minimum Gasteiger partial charge on any atom is -0.292 e. The second-order valence-corrected chi connectivity index (χ2v) is 11.4. The van der Waals surface area contributed by atoms with E-state index in [1.807, 2.05) is 24.3 Å². The fourth-order valence-corrected chi connectivity index (χ4v) is 6.81. The smallest absolute Gasteiger partial charge is 0.223 e. The van der Waals surface area contributed by atoms with E-state index in [0.717, 1.165) is 78.5 Å². The Bertz CT molecular complexity index is 2700. The number of rotatable bonds is 3. The third-order valence-corrected chi connectivity index (χ3v) is 8.79. The van der Waals surface area contributed by atoms with E-state index in [1.54, 1.807) is 0 Å². The summed E-state index contributed by atoms with van der Waals surface area (Å²) in [4.78, 5) is 15.7. The van der Waals surface area contributed by atoms with Gasteiger partial charge in [-0.2, -0.15) is 0 Å². The maximum atomic E-state index is 5.26. The molecule has 0 unspecified atom stereocenters. The van der Waals surface area contributed by atoms with Crippen LogP contribution in [0.5, 0.6) is 0 Å². The van der Waals surface area contributed by atoms with Crippen LogP contribution in [0.25, 0.3) is 78.5 Å². The van der Waals surface area contributed by atoms with Crippen LogP contribution < -0.4 is 0 Å². The van der Waals surface area contributed by atoms with Gasteiger partial charge in [0.2, 0.25) is 11.6 Å². The highest BCUT2D eigenvalue weighted by atomic mass is 15.3. The molecule has 4 heterocycles. The van der Waals surface area contributed by atoms with Crippen molar-refractivity contribution in [3.05, 3.63) is 152 Å². The van der Waals surface area contributed by atoms with Gasteiger partial charge in [-0.1, -0.05) is 78.9 Å². The molecular formula is C39H25N7. The standard InChI is InChI=1S/C39H25N7/c1-2-14-27(15-3-1)43-32-20-7-4-17-29(32)40-37(43)26-13-12-16-28(25-26)44-38-41-30-18-5-8-21-33(30)45(38)35-23-10-11-24-36(35)46-34-22-9-6-19-31(34)42-39(44)46/h1-25H. The van der Waals surface area contributed by atoms with E-state index in [4.69, 9.17) is 15.0 Å². The number of hydrogen-bond acceptors (Lipinski definition) is 3. The van der Waals surface area contributed by atoms with Gasteiger partial charge < -0.3 is 0 Å². The van der Waals surface area contributed by atoms with Crippen molar-refractivity contribution in [1.82, 2.24) is 32.9 Å². The Balaban J connectivity index is 1.37. The molecule has 0 spiro atoms. The number of aromatic nitrogens is 7. The lowest BCUT2D eigenvalue weighted by Gasteiger charge is -2.12. The van der Waals surface area contributed by atoms with Crippen LogP contribution in [0.2, 0.25) is 0 Å². The van der Waals surface area contributed by atoms with Crippen molar-refractivity contribution in [3.8, 4) is 22.8 Å². The van der Waals surface area contributed by atoms with Gasteiger partial charge in [-0.3, -0.25) is 13.4 Å². The third-order valence-electron chi connectivity index (χ3n) is 8.79. The topological polar surface area (TPSA) is 57.4 Å². The van der Waals surface area contributed by atoms with E-state index in [0.29, 0.717) is 0 Å². The summed E-state index contributed by atoms with van der Waals surface area (Å²) in [7, 11) is 0. The van der Waals surface area contributed by atoms with Crippen LogP contribution in [0.3, 0.4) is 0 Å². The predicted octanol–water partition coefficient (Wildman–Crippen LogP) is 8.80. The first kappa shape index (κ1) is 24.9. The zero-order chi connectivity index (χ0) is 30.2. The molecule has 0 saturated carbocycles. The number of fused-ring (bicyclic) bond motifs is 10. The van der Waals surface area contributed by atoms with Crippen LogP contribution in [0.4, 0.5) is 0 Å². The van der Waals surface area contributed by atoms with E-state index in [2.05, 4.69) is 145 Å². The van der Waals surface area contributed by atoms with Crippen LogP contribution in [-0.2, 0) is 0 Å². The molecule has 0 atom stereocenters. The van der Waals surface area contributed by atoms with Crippen molar-refractivity contribution in [2.45, 2.75) is 0 Å². The molecule has 0 bridgehead atoms. The molecule has 0 fully saturated rings. The fraction of sp³-hybridized carbons (Fsp3) is 0. The molecule has 0 amide bonds. The zero-order valence-electron chi connectivity index (χ0n) is 24.6. The van der Waals surface area contributed by atoms with Gasteiger partial charge in [-0.05, 0) is 72.8 Å². The molecule has 7 heteroatoms. The summed E-state index contributed by atoms with van der Waals surface area (Å²) in [5, 5.41) is 0. The molecule has 0 aliphatic heterocycles. The first-order chi connectivity index (χ1) is 22.8. The van der Waals surface area contributed by atoms with E-state index in [9.17, 15) is 0 Å². The normalized spacial score (nSPS) is 11.9.